The quantitative estimate of drug-likeness (QED) is 0.839. The van der Waals surface area contributed by atoms with E-state index in [2.05, 4.69) is 5.10 Å². The predicted octanol–water partition coefficient (Wildman–Crippen LogP) is 1.97. The van der Waals surface area contributed by atoms with E-state index in [1.807, 2.05) is 11.9 Å². The Balaban J connectivity index is 2.12. The van der Waals surface area contributed by atoms with Crippen LogP contribution in [-0.4, -0.2) is 40.8 Å². The number of hydrogen-bond donors (Lipinski definition) is 0. The Hall–Kier alpha value is -1.36. The van der Waals surface area contributed by atoms with Gasteiger partial charge in [-0.2, -0.15) is 5.10 Å². The van der Waals surface area contributed by atoms with Crippen molar-refractivity contribution >= 4 is 5.91 Å². The minimum absolute atomic E-state index is 0.0991. The number of methoxy groups -OCH3 is 1. The van der Waals surface area contributed by atoms with E-state index >= 15 is 0 Å². The minimum atomic E-state index is 0.0991. The first-order valence-electron chi connectivity index (χ1n) is 7.03. The molecule has 0 radical (unpaired) electrons. The molecule has 19 heavy (non-hydrogen) atoms. The second-order valence-corrected chi connectivity index (χ2v) is 5.16. The number of likely N-dealkylation sites (tertiary alicyclic amines) is 1. The molecule has 1 aromatic heterocycles. The minimum Gasteiger partial charge on any atom is -0.378 e. The van der Waals surface area contributed by atoms with Gasteiger partial charge in [0.25, 0.3) is 5.91 Å². The molecule has 1 aromatic rings. The summed E-state index contributed by atoms with van der Waals surface area (Å²) in [6.07, 6.45) is 7.75. The molecular formula is C14H23N3O2. The van der Waals surface area contributed by atoms with Crippen LogP contribution >= 0.6 is 0 Å². The Morgan fingerprint density at radius 1 is 1.26 bits per heavy atom. The van der Waals surface area contributed by atoms with E-state index in [-0.39, 0.29) is 5.91 Å². The number of aryl methyl sites for hydroxylation is 1. The number of carbonyl (C=O) groups is 1. The summed E-state index contributed by atoms with van der Waals surface area (Å²) in [5, 5.41) is 4.30. The monoisotopic (exact) mass is 265 g/mol. The standard InChI is InChI=1S/C14H23N3O2/c1-16-10-12(13(15-16)11-19-2)14(18)17-8-6-4-3-5-7-9-17/h10H,3-9,11H2,1-2H3. The number of ether oxygens (including phenoxy) is 1. The molecule has 0 aromatic carbocycles. The molecule has 0 unspecified atom stereocenters. The highest BCUT2D eigenvalue weighted by molar-refractivity contribution is 5.95. The lowest BCUT2D eigenvalue weighted by Gasteiger charge is -2.24. The molecule has 106 valence electrons. The van der Waals surface area contributed by atoms with Gasteiger partial charge in [-0.25, -0.2) is 0 Å². The van der Waals surface area contributed by atoms with Crippen molar-refractivity contribution in [3.63, 3.8) is 0 Å². The third kappa shape index (κ3) is 3.56. The van der Waals surface area contributed by atoms with Crippen molar-refractivity contribution in [3.8, 4) is 0 Å². The van der Waals surface area contributed by atoms with Gasteiger partial charge in [-0.15, -0.1) is 0 Å². The molecule has 0 atom stereocenters. The van der Waals surface area contributed by atoms with Gasteiger partial charge in [0.15, 0.2) is 0 Å². The van der Waals surface area contributed by atoms with E-state index < -0.39 is 0 Å². The number of nitrogens with zero attached hydrogens (tertiary/aromatic N) is 3. The number of amides is 1. The second-order valence-electron chi connectivity index (χ2n) is 5.16. The van der Waals surface area contributed by atoms with E-state index in [1.54, 1.807) is 18.0 Å². The molecule has 0 saturated carbocycles. The Labute approximate surface area is 114 Å². The molecule has 2 heterocycles. The molecule has 5 heteroatoms. The van der Waals surface area contributed by atoms with E-state index in [1.165, 1.54) is 19.3 Å². The van der Waals surface area contributed by atoms with Crippen LogP contribution in [0.5, 0.6) is 0 Å². The van der Waals surface area contributed by atoms with Crippen molar-refractivity contribution in [1.29, 1.82) is 0 Å². The molecule has 2 rings (SSSR count). The zero-order chi connectivity index (χ0) is 13.7. The van der Waals surface area contributed by atoms with Crippen molar-refractivity contribution in [2.75, 3.05) is 20.2 Å². The molecule has 1 aliphatic heterocycles. The highest BCUT2D eigenvalue weighted by Crippen LogP contribution is 2.16. The number of aromatic nitrogens is 2. The van der Waals surface area contributed by atoms with E-state index in [4.69, 9.17) is 4.74 Å². The molecule has 0 N–H and O–H groups in total. The van der Waals surface area contributed by atoms with Crippen molar-refractivity contribution < 1.29 is 9.53 Å². The smallest absolute Gasteiger partial charge is 0.257 e. The van der Waals surface area contributed by atoms with Gasteiger partial charge in [0, 0.05) is 33.4 Å². The molecule has 0 spiro atoms. The predicted molar refractivity (Wildman–Crippen MR) is 72.9 cm³/mol. The Morgan fingerprint density at radius 3 is 2.53 bits per heavy atom. The summed E-state index contributed by atoms with van der Waals surface area (Å²) in [6.45, 7) is 2.11. The lowest BCUT2D eigenvalue weighted by molar-refractivity contribution is 0.0737. The molecule has 1 aliphatic rings. The fourth-order valence-electron chi connectivity index (χ4n) is 2.58. The van der Waals surface area contributed by atoms with E-state index in [0.29, 0.717) is 12.2 Å². The average Bonchev–Trinajstić information content (AvgIpc) is 2.70. The highest BCUT2D eigenvalue weighted by atomic mass is 16.5. The summed E-state index contributed by atoms with van der Waals surface area (Å²) in [4.78, 5) is 14.6. The first-order chi connectivity index (χ1) is 9.22. The Bertz CT molecular complexity index is 420. The van der Waals surface area contributed by atoms with Gasteiger partial charge in [0.2, 0.25) is 0 Å². The second kappa shape index (κ2) is 6.70. The van der Waals surface area contributed by atoms with Crippen LogP contribution in [0.25, 0.3) is 0 Å². The number of carbonyl (C=O) groups excluding carboxylic acids is 1. The molecule has 5 nitrogen and oxygen atoms in total. The van der Waals surface area contributed by atoms with Gasteiger partial charge in [0.1, 0.15) is 5.69 Å². The summed E-state index contributed by atoms with van der Waals surface area (Å²) >= 11 is 0. The molecule has 0 bridgehead atoms. The number of hydrogen-bond acceptors (Lipinski definition) is 3. The third-order valence-corrected chi connectivity index (χ3v) is 3.56. The molecule has 1 fully saturated rings. The van der Waals surface area contributed by atoms with Gasteiger partial charge < -0.3 is 9.64 Å². The van der Waals surface area contributed by atoms with Crippen molar-refractivity contribution in [2.24, 2.45) is 7.05 Å². The zero-order valence-corrected chi connectivity index (χ0v) is 11.9. The summed E-state index contributed by atoms with van der Waals surface area (Å²) in [7, 11) is 3.46. The van der Waals surface area contributed by atoms with Crippen LogP contribution in [0.2, 0.25) is 0 Å². The van der Waals surface area contributed by atoms with Gasteiger partial charge in [-0.05, 0) is 12.8 Å². The normalized spacial score (nSPS) is 17.1. The van der Waals surface area contributed by atoms with Gasteiger partial charge in [-0.3, -0.25) is 9.48 Å². The fourth-order valence-corrected chi connectivity index (χ4v) is 2.58. The molecule has 0 aliphatic carbocycles. The highest BCUT2D eigenvalue weighted by Gasteiger charge is 2.21. The van der Waals surface area contributed by atoms with E-state index in [9.17, 15) is 4.79 Å². The van der Waals surface area contributed by atoms with Crippen LogP contribution in [-0.2, 0) is 18.4 Å². The lowest BCUT2D eigenvalue weighted by Crippen LogP contribution is -2.34. The largest absolute Gasteiger partial charge is 0.378 e. The number of rotatable bonds is 3. The summed E-state index contributed by atoms with van der Waals surface area (Å²) in [6, 6.07) is 0. The maximum atomic E-state index is 12.6. The average molecular weight is 265 g/mol. The van der Waals surface area contributed by atoms with Crippen LogP contribution in [0.3, 0.4) is 0 Å². The third-order valence-electron chi connectivity index (χ3n) is 3.56. The molecule has 1 amide bonds. The maximum absolute atomic E-state index is 12.6. The zero-order valence-electron chi connectivity index (χ0n) is 11.9. The topological polar surface area (TPSA) is 47.4 Å². The van der Waals surface area contributed by atoms with Crippen LogP contribution in [0, 0.1) is 0 Å². The SMILES string of the molecule is COCc1nn(C)cc1C(=O)N1CCCCCCC1. The van der Waals surface area contributed by atoms with Gasteiger partial charge in [-0.1, -0.05) is 19.3 Å². The van der Waals surface area contributed by atoms with Gasteiger partial charge in [0.05, 0.1) is 12.2 Å². The van der Waals surface area contributed by atoms with Crippen LogP contribution in [0.1, 0.15) is 48.2 Å². The van der Waals surface area contributed by atoms with Gasteiger partial charge >= 0.3 is 0 Å². The van der Waals surface area contributed by atoms with Crippen LogP contribution < -0.4 is 0 Å². The fraction of sp³-hybridized carbons (Fsp3) is 0.714. The van der Waals surface area contributed by atoms with E-state index in [0.717, 1.165) is 31.6 Å². The van der Waals surface area contributed by atoms with Crippen LogP contribution in [0.15, 0.2) is 6.20 Å². The van der Waals surface area contributed by atoms with Crippen molar-refractivity contribution in [2.45, 2.75) is 38.7 Å². The lowest BCUT2D eigenvalue weighted by atomic mass is 10.1. The maximum Gasteiger partial charge on any atom is 0.257 e. The first kappa shape index (κ1) is 14.1. The summed E-state index contributed by atoms with van der Waals surface area (Å²) in [5.41, 5.74) is 1.42. The Kier molecular flexibility index (Phi) is 4.96. The van der Waals surface area contributed by atoms with Crippen molar-refractivity contribution in [3.05, 3.63) is 17.5 Å². The summed E-state index contributed by atoms with van der Waals surface area (Å²) in [5.74, 6) is 0.0991. The summed E-state index contributed by atoms with van der Waals surface area (Å²) < 4.78 is 6.80. The molecular weight excluding hydrogens is 242 g/mol. The molecule has 1 saturated heterocycles. The Morgan fingerprint density at radius 2 is 1.89 bits per heavy atom. The first-order valence-corrected chi connectivity index (χ1v) is 7.03. The van der Waals surface area contributed by atoms with Crippen LogP contribution in [0.4, 0.5) is 0 Å². The van der Waals surface area contributed by atoms with Crippen molar-refractivity contribution in [1.82, 2.24) is 14.7 Å².